The molecule has 174 valence electrons. The summed E-state index contributed by atoms with van der Waals surface area (Å²) in [5.41, 5.74) is 0.131. The van der Waals surface area contributed by atoms with Crippen LogP contribution in [0, 0.1) is 0 Å². The van der Waals surface area contributed by atoms with Gasteiger partial charge in [0.15, 0.2) is 0 Å². The zero-order valence-electron chi connectivity index (χ0n) is 18.3. The highest BCUT2D eigenvalue weighted by Gasteiger charge is 2.37. The van der Waals surface area contributed by atoms with Gasteiger partial charge in [-0.3, -0.25) is 9.59 Å². The number of carbonyl (C=O) groups excluding carboxylic acids is 2. The molecule has 4 nitrogen and oxygen atoms in total. The van der Waals surface area contributed by atoms with Crippen molar-refractivity contribution in [1.82, 2.24) is 0 Å². The number of rotatable bonds is 15. The van der Waals surface area contributed by atoms with E-state index in [0.29, 0.717) is 0 Å². The van der Waals surface area contributed by atoms with Crippen molar-refractivity contribution in [1.29, 1.82) is 0 Å². The summed E-state index contributed by atoms with van der Waals surface area (Å²) < 4.78 is 37.2. The van der Waals surface area contributed by atoms with Gasteiger partial charge in [0.2, 0.25) is 5.91 Å². The summed E-state index contributed by atoms with van der Waals surface area (Å²) in [6.45, 7) is 2.21. The summed E-state index contributed by atoms with van der Waals surface area (Å²) in [6, 6.07) is 5.89. The number of benzene rings is 1. The predicted octanol–water partition coefficient (Wildman–Crippen LogP) is 7.36. The van der Waals surface area contributed by atoms with Crippen LogP contribution in [0.2, 0.25) is 0 Å². The molecule has 1 amide bonds. The lowest BCUT2D eigenvalue weighted by molar-refractivity contribution is -0.165. The van der Waals surface area contributed by atoms with E-state index < -0.39 is 17.7 Å². The van der Waals surface area contributed by atoms with Gasteiger partial charge >= 0.3 is 6.18 Å². The van der Waals surface area contributed by atoms with Crippen LogP contribution in [-0.2, 0) is 9.59 Å². The molecular weight excluding hydrogens is 407 g/mol. The van der Waals surface area contributed by atoms with Gasteiger partial charge in [0, 0.05) is 18.1 Å². The number of aliphatic hydroxyl groups is 1. The fourth-order valence-corrected chi connectivity index (χ4v) is 3.26. The molecule has 0 radical (unpaired) electrons. The fourth-order valence-electron chi connectivity index (χ4n) is 3.26. The lowest BCUT2D eigenvalue weighted by atomic mass is 10.1. The van der Waals surface area contributed by atoms with Crippen molar-refractivity contribution in [2.24, 2.45) is 0 Å². The summed E-state index contributed by atoms with van der Waals surface area (Å²) in [6.07, 6.45) is 8.20. The maximum Gasteiger partial charge on any atom is 0.454 e. The number of unbranched alkanes of at least 4 members (excludes halogenated alkanes) is 10. The molecule has 0 heterocycles. The van der Waals surface area contributed by atoms with E-state index in [4.69, 9.17) is 0 Å². The molecule has 0 atom stereocenters. The van der Waals surface area contributed by atoms with Crippen molar-refractivity contribution in [2.75, 3.05) is 5.32 Å². The van der Waals surface area contributed by atoms with Gasteiger partial charge in [-0.05, 0) is 18.6 Å². The Balaban J connectivity index is 2.35. The molecule has 0 aliphatic rings. The van der Waals surface area contributed by atoms with E-state index in [1.165, 1.54) is 63.1 Å². The normalized spacial score (nSPS) is 12.1. The highest BCUT2D eigenvalue weighted by Crippen LogP contribution is 2.25. The summed E-state index contributed by atoms with van der Waals surface area (Å²) in [5.74, 6) is -3.28. The van der Waals surface area contributed by atoms with E-state index in [1.54, 1.807) is 6.07 Å². The minimum absolute atomic E-state index is 0.0348. The first-order valence-electron chi connectivity index (χ1n) is 11.2. The van der Waals surface area contributed by atoms with E-state index in [1.807, 2.05) is 0 Å². The third kappa shape index (κ3) is 11.6. The Hall–Kier alpha value is -2.31. The van der Waals surface area contributed by atoms with Crippen LogP contribution in [0.25, 0.3) is 5.76 Å². The van der Waals surface area contributed by atoms with E-state index in [2.05, 4.69) is 12.2 Å². The first kappa shape index (κ1) is 26.7. The summed E-state index contributed by atoms with van der Waals surface area (Å²) in [5, 5.41) is 12.5. The molecule has 1 aromatic rings. The molecule has 0 bridgehead atoms. The summed E-state index contributed by atoms with van der Waals surface area (Å²) in [4.78, 5) is 23.2. The lowest BCUT2D eigenvalue weighted by Gasteiger charge is -2.11. The Morgan fingerprint density at radius 3 is 1.97 bits per heavy atom. The smallest absolute Gasteiger partial charge is 0.454 e. The van der Waals surface area contributed by atoms with Gasteiger partial charge in [-0.15, -0.1) is 0 Å². The van der Waals surface area contributed by atoms with Gasteiger partial charge in [-0.1, -0.05) is 83.3 Å². The molecule has 31 heavy (non-hydrogen) atoms. The van der Waals surface area contributed by atoms with Crippen LogP contribution in [-0.4, -0.2) is 23.0 Å². The molecule has 7 heteroatoms. The van der Waals surface area contributed by atoms with E-state index in [-0.39, 0.29) is 29.7 Å². The summed E-state index contributed by atoms with van der Waals surface area (Å²) >= 11 is 0. The molecule has 0 saturated carbocycles. The fraction of sp³-hybridized carbons (Fsp3) is 0.583. The molecule has 1 rings (SSSR count). The molecule has 1 aromatic carbocycles. The average Bonchev–Trinajstić information content (AvgIpc) is 2.71. The highest BCUT2D eigenvalue weighted by molar-refractivity contribution is 6.01. The van der Waals surface area contributed by atoms with Gasteiger partial charge in [-0.2, -0.15) is 13.2 Å². The summed E-state index contributed by atoms with van der Waals surface area (Å²) in [7, 11) is 0. The maximum atomic E-state index is 12.4. The number of carbonyl (C=O) groups is 2. The number of alkyl halides is 3. The second kappa shape index (κ2) is 14.7. The van der Waals surface area contributed by atoms with E-state index in [0.717, 1.165) is 25.7 Å². The third-order valence-corrected chi connectivity index (χ3v) is 5.03. The number of amides is 1. The quantitative estimate of drug-likeness (QED) is 0.170. The number of hydrogen-bond acceptors (Lipinski definition) is 3. The maximum absolute atomic E-state index is 12.4. The number of ketones is 1. The molecule has 0 unspecified atom stereocenters. The zero-order valence-corrected chi connectivity index (χ0v) is 18.3. The monoisotopic (exact) mass is 441 g/mol. The van der Waals surface area contributed by atoms with Crippen LogP contribution in [0.15, 0.2) is 30.3 Å². The van der Waals surface area contributed by atoms with E-state index >= 15 is 0 Å². The number of halogens is 3. The number of hydrogen-bond donors (Lipinski definition) is 2. The second-order valence-electron chi connectivity index (χ2n) is 7.77. The SMILES string of the molecule is CCCCCCCCCCCCCC(=O)Nc1ccccc1/C(O)=C/C(=O)C(F)(F)F. The average molecular weight is 442 g/mol. The number of aliphatic hydroxyl groups excluding tert-OH is 1. The van der Waals surface area contributed by atoms with Crippen molar-refractivity contribution >= 4 is 23.1 Å². The molecule has 0 aromatic heterocycles. The van der Waals surface area contributed by atoms with Crippen molar-refractivity contribution in [2.45, 2.75) is 90.1 Å². The van der Waals surface area contributed by atoms with Crippen LogP contribution in [0.3, 0.4) is 0 Å². The Morgan fingerprint density at radius 1 is 0.903 bits per heavy atom. The zero-order chi connectivity index (χ0) is 23.1. The Labute approximate surface area is 182 Å². The Morgan fingerprint density at radius 2 is 1.42 bits per heavy atom. The van der Waals surface area contributed by atoms with Gasteiger partial charge < -0.3 is 10.4 Å². The number of allylic oxidation sites excluding steroid dienone is 1. The minimum atomic E-state index is -5.07. The van der Waals surface area contributed by atoms with Crippen LogP contribution in [0.1, 0.15) is 89.5 Å². The predicted molar refractivity (Wildman–Crippen MR) is 118 cm³/mol. The lowest BCUT2D eigenvalue weighted by Crippen LogP contribution is -2.20. The van der Waals surface area contributed by atoms with Crippen LogP contribution >= 0.6 is 0 Å². The first-order chi connectivity index (χ1) is 14.8. The van der Waals surface area contributed by atoms with Crippen molar-refractivity contribution in [3.05, 3.63) is 35.9 Å². The molecular formula is C24H34F3NO3. The van der Waals surface area contributed by atoms with Crippen LogP contribution in [0.4, 0.5) is 18.9 Å². The van der Waals surface area contributed by atoms with Crippen molar-refractivity contribution in [3.63, 3.8) is 0 Å². The molecule has 0 saturated heterocycles. The van der Waals surface area contributed by atoms with Crippen LogP contribution in [0.5, 0.6) is 0 Å². The van der Waals surface area contributed by atoms with Crippen molar-refractivity contribution in [3.8, 4) is 0 Å². The van der Waals surface area contributed by atoms with E-state index in [9.17, 15) is 27.9 Å². The largest absolute Gasteiger partial charge is 0.507 e. The number of para-hydroxylation sites is 1. The second-order valence-corrected chi connectivity index (χ2v) is 7.77. The minimum Gasteiger partial charge on any atom is -0.507 e. The molecule has 0 aliphatic carbocycles. The third-order valence-electron chi connectivity index (χ3n) is 5.03. The Kier molecular flexibility index (Phi) is 12.6. The number of nitrogens with one attached hydrogen (secondary N) is 1. The standard InChI is InChI=1S/C24H34F3NO3/c1-2-3-4-5-6-7-8-9-10-11-12-17-23(31)28-20-16-14-13-15-19(20)21(29)18-22(30)24(25,26)27/h13-16,18,29H,2-12,17H2,1H3,(H,28,31)/b21-18-. The number of anilines is 1. The van der Waals surface area contributed by atoms with Crippen molar-refractivity contribution < 1.29 is 27.9 Å². The van der Waals surface area contributed by atoms with Gasteiger partial charge in [0.25, 0.3) is 5.78 Å². The van der Waals surface area contributed by atoms with Gasteiger partial charge in [0.05, 0.1) is 5.69 Å². The van der Waals surface area contributed by atoms with Crippen LogP contribution < -0.4 is 5.32 Å². The van der Waals surface area contributed by atoms with Gasteiger partial charge in [0.1, 0.15) is 5.76 Å². The first-order valence-corrected chi connectivity index (χ1v) is 11.2. The highest BCUT2D eigenvalue weighted by atomic mass is 19.4. The molecule has 0 fully saturated rings. The Bertz CT molecular complexity index is 714. The molecule has 0 spiro atoms. The molecule has 2 N–H and O–H groups in total. The topological polar surface area (TPSA) is 66.4 Å². The van der Waals surface area contributed by atoms with Gasteiger partial charge in [-0.25, -0.2) is 0 Å². The molecule has 0 aliphatic heterocycles.